The molecule has 9 heteroatoms. The standard InChI is InChI=1S/C18H15N3O6/c1-12-2-5-14(8-16(12)21(24)25)20-17(22)10-27-18(23)11-26-15-6-3-13(9-19)4-7-15/h2-8H,10-11H2,1H3,(H,20,22). The van der Waals surface area contributed by atoms with Gasteiger partial charge in [-0.15, -0.1) is 0 Å². The molecule has 138 valence electrons. The summed E-state index contributed by atoms with van der Waals surface area (Å²) in [5, 5.41) is 22.0. The van der Waals surface area contributed by atoms with Gasteiger partial charge in [0.1, 0.15) is 5.75 Å². The smallest absolute Gasteiger partial charge is 0.344 e. The highest BCUT2D eigenvalue weighted by Gasteiger charge is 2.13. The number of aryl methyl sites for hydroxylation is 1. The number of nitrogens with one attached hydrogen (secondary N) is 1. The predicted molar refractivity (Wildman–Crippen MR) is 94.1 cm³/mol. The fourth-order valence-corrected chi connectivity index (χ4v) is 2.04. The Bertz CT molecular complexity index is 902. The molecule has 0 bridgehead atoms. The van der Waals surface area contributed by atoms with Crippen LogP contribution < -0.4 is 10.1 Å². The van der Waals surface area contributed by atoms with Gasteiger partial charge in [0.05, 0.1) is 16.6 Å². The van der Waals surface area contributed by atoms with Crippen molar-refractivity contribution < 1.29 is 24.0 Å². The van der Waals surface area contributed by atoms with Crippen molar-refractivity contribution in [3.8, 4) is 11.8 Å². The number of esters is 1. The van der Waals surface area contributed by atoms with Gasteiger partial charge in [-0.05, 0) is 37.3 Å². The Hall–Kier alpha value is -3.93. The molecule has 0 aliphatic rings. The predicted octanol–water partition coefficient (Wildman–Crippen LogP) is 2.34. The van der Waals surface area contributed by atoms with Crippen LogP contribution in [-0.2, 0) is 14.3 Å². The number of anilines is 1. The van der Waals surface area contributed by atoms with Crippen LogP contribution in [0.4, 0.5) is 11.4 Å². The lowest BCUT2D eigenvalue weighted by molar-refractivity contribution is -0.385. The van der Waals surface area contributed by atoms with Crippen molar-refractivity contribution in [2.75, 3.05) is 18.5 Å². The average Bonchev–Trinajstić information content (AvgIpc) is 2.66. The summed E-state index contributed by atoms with van der Waals surface area (Å²) in [4.78, 5) is 33.8. The van der Waals surface area contributed by atoms with E-state index in [2.05, 4.69) is 5.32 Å². The van der Waals surface area contributed by atoms with Crippen molar-refractivity contribution in [3.63, 3.8) is 0 Å². The van der Waals surface area contributed by atoms with Gasteiger partial charge in [-0.1, -0.05) is 6.07 Å². The summed E-state index contributed by atoms with van der Waals surface area (Å²) in [5.74, 6) is -1.02. The third kappa shape index (κ3) is 5.82. The quantitative estimate of drug-likeness (QED) is 0.450. The molecule has 27 heavy (non-hydrogen) atoms. The van der Waals surface area contributed by atoms with E-state index in [9.17, 15) is 19.7 Å². The number of hydrogen-bond acceptors (Lipinski definition) is 7. The van der Waals surface area contributed by atoms with Crippen LogP contribution in [0, 0.1) is 28.4 Å². The van der Waals surface area contributed by atoms with Crippen LogP contribution in [0.15, 0.2) is 42.5 Å². The molecule has 1 N–H and O–H groups in total. The first-order chi connectivity index (χ1) is 12.9. The number of nitriles is 1. The van der Waals surface area contributed by atoms with Gasteiger partial charge < -0.3 is 14.8 Å². The molecule has 0 spiro atoms. The van der Waals surface area contributed by atoms with Crippen molar-refractivity contribution in [1.29, 1.82) is 5.26 Å². The van der Waals surface area contributed by atoms with E-state index >= 15 is 0 Å². The molecule has 0 radical (unpaired) electrons. The highest BCUT2D eigenvalue weighted by molar-refractivity contribution is 5.93. The Morgan fingerprint density at radius 3 is 2.52 bits per heavy atom. The average molecular weight is 369 g/mol. The summed E-state index contributed by atoms with van der Waals surface area (Å²) in [7, 11) is 0. The minimum atomic E-state index is -0.760. The summed E-state index contributed by atoms with van der Waals surface area (Å²) in [6.45, 7) is 0.617. The van der Waals surface area contributed by atoms with Crippen LogP contribution in [0.3, 0.4) is 0 Å². The van der Waals surface area contributed by atoms with Crippen LogP contribution in [0.1, 0.15) is 11.1 Å². The molecule has 2 aromatic carbocycles. The number of benzene rings is 2. The van der Waals surface area contributed by atoms with E-state index in [0.29, 0.717) is 16.9 Å². The van der Waals surface area contributed by atoms with Crippen molar-refractivity contribution in [2.24, 2.45) is 0 Å². The Balaban J connectivity index is 1.79. The number of hydrogen-bond donors (Lipinski definition) is 1. The molecule has 0 aliphatic heterocycles. The number of amides is 1. The molecule has 1 amide bonds. The Morgan fingerprint density at radius 2 is 1.89 bits per heavy atom. The highest BCUT2D eigenvalue weighted by atomic mass is 16.6. The lowest BCUT2D eigenvalue weighted by Crippen LogP contribution is -2.23. The monoisotopic (exact) mass is 369 g/mol. The van der Waals surface area contributed by atoms with Gasteiger partial charge >= 0.3 is 5.97 Å². The Labute approximate surface area is 154 Å². The van der Waals surface area contributed by atoms with Gasteiger partial charge in [0.2, 0.25) is 0 Å². The van der Waals surface area contributed by atoms with Gasteiger partial charge in [0.25, 0.3) is 11.6 Å². The zero-order valence-corrected chi connectivity index (χ0v) is 14.3. The lowest BCUT2D eigenvalue weighted by atomic mass is 10.2. The first-order valence-electron chi connectivity index (χ1n) is 7.72. The zero-order valence-electron chi connectivity index (χ0n) is 14.3. The SMILES string of the molecule is Cc1ccc(NC(=O)COC(=O)COc2ccc(C#N)cc2)cc1[N+](=O)[O-]. The number of nitro groups is 1. The van der Waals surface area contributed by atoms with Gasteiger partial charge in [0.15, 0.2) is 13.2 Å². The molecule has 0 atom stereocenters. The van der Waals surface area contributed by atoms with Crippen LogP contribution in [0.5, 0.6) is 5.75 Å². The Morgan fingerprint density at radius 1 is 1.19 bits per heavy atom. The number of nitrogens with zero attached hydrogens (tertiary/aromatic N) is 2. The van der Waals surface area contributed by atoms with Gasteiger partial charge in [0, 0.05) is 17.3 Å². The number of rotatable bonds is 7. The third-order valence-electron chi connectivity index (χ3n) is 3.39. The molecule has 0 saturated heterocycles. The van der Waals surface area contributed by atoms with Crippen LogP contribution in [-0.4, -0.2) is 30.0 Å². The first-order valence-corrected chi connectivity index (χ1v) is 7.72. The number of carbonyl (C=O) groups is 2. The molecule has 0 heterocycles. The number of nitro benzene ring substituents is 1. The normalized spacial score (nSPS) is 9.78. The molecule has 2 aromatic rings. The van der Waals surface area contributed by atoms with Gasteiger partial charge in [-0.3, -0.25) is 14.9 Å². The highest BCUT2D eigenvalue weighted by Crippen LogP contribution is 2.22. The second-order valence-electron chi connectivity index (χ2n) is 5.39. The summed E-state index contributed by atoms with van der Waals surface area (Å²) in [5.41, 5.74) is 1.02. The molecular formula is C18H15N3O6. The van der Waals surface area contributed by atoms with E-state index in [0.717, 1.165) is 0 Å². The summed E-state index contributed by atoms with van der Waals surface area (Å²) >= 11 is 0. The van der Waals surface area contributed by atoms with Crippen LogP contribution >= 0.6 is 0 Å². The van der Waals surface area contributed by atoms with Crippen LogP contribution in [0.25, 0.3) is 0 Å². The molecular weight excluding hydrogens is 354 g/mol. The maximum Gasteiger partial charge on any atom is 0.344 e. The lowest BCUT2D eigenvalue weighted by Gasteiger charge is -2.08. The molecule has 0 saturated carbocycles. The molecule has 9 nitrogen and oxygen atoms in total. The molecule has 2 rings (SSSR count). The second kappa shape index (κ2) is 8.96. The zero-order chi connectivity index (χ0) is 19.8. The largest absolute Gasteiger partial charge is 0.482 e. The molecule has 0 aromatic heterocycles. The summed E-state index contributed by atoms with van der Waals surface area (Å²) in [6, 6.07) is 12.3. The van der Waals surface area contributed by atoms with Crippen molar-refractivity contribution >= 4 is 23.3 Å². The number of carbonyl (C=O) groups excluding carboxylic acids is 2. The van der Waals surface area contributed by atoms with E-state index in [1.807, 2.05) is 6.07 Å². The van der Waals surface area contributed by atoms with Crippen LogP contribution in [0.2, 0.25) is 0 Å². The molecule has 0 aliphatic carbocycles. The Kier molecular flexibility index (Phi) is 6.44. The van der Waals surface area contributed by atoms with E-state index in [4.69, 9.17) is 14.7 Å². The maximum atomic E-state index is 11.8. The summed E-state index contributed by atoms with van der Waals surface area (Å²) < 4.78 is 9.96. The van der Waals surface area contributed by atoms with Gasteiger partial charge in [-0.25, -0.2) is 4.79 Å². The first kappa shape index (κ1) is 19.4. The minimum Gasteiger partial charge on any atom is -0.482 e. The van der Waals surface area contributed by atoms with E-state index in [-0.39, 0.29) is 11.4 Å². The summed E-state index contributed by atoms with van der Waals surface area (Å²) in [6.07, 6.45) is 0. The molecule has 0 fully saturated rings. The topological polar surface area (TPSA) is 132 Å². The van der Waals surface area contributed by atoms with Gasteiger partial charge in [-0.2, -0.15) is 5.26 Å². The third-order valence-corrected chi connectivity index (χ3v) is 3.39. The second-order valence-corrected chi connectivity index (χ2v) is 5.39. The minimum absolute atomic E-state index is 0.124. The number of ether oxygens (including phenoxy) is 2. The van der Waals surface area contributed by atoms with Crippen molar-refractivity contribution in [1.82, 2.24) is 0 Å². The van der Waals surface area contributed by atoms with Crippen molar-refractivity contribution in [2.45, 2.75) is 6.92 Å². The van der Waals surface area contributed by atoms with E-state index in [1.165, 1.54) is 42.5 Å². The molecule has 0 unspecified atom stereocenters. The maximum absolute atomic E-state index is 11.8. The van der Waals surface area contributed by atoms with E-state index in [1.54, 1.807) is 6.92 Å². The fraction of sp³-hybridized carbons (Fsp3) is 0.167. The fourth-order valence-electron chi connectivity index (χ4n) is 2.04. The van der Waals surface area contributed by atoms with E-state index < -0.39 is 30.0 Å². The van der Waals surface area contributed by atoms with Crippen molar-refractivity contribution in [3.05, 3.63) is 63.7 Å².